The van der Waals surface area contributed by atoms with E-state index in [4.69, 9.17) is 5.11 Å². The van der Waals surface area contributed by atoms with Crippen LogP contribution in [0.3, 0.4) is 0 Å². The maximum absolute atomic E-state index is 10.6. The smallest absolute Gasteiger partial charge is 0.327 e. The van der Waals surface area contributed by atoms with E-state index in [1.54, 1.807) is 11.1 Å². The van der Waals surface area contributed by atoms with Crippen molar-refractivity contribution in [2.45, 2.75) is 52.4 Å². The van der Waals surface area contributed by atoms with Gasteiger partial charge in [0, 0.05) is 6.08 Å². The molecule has 2 aliphatic rings. The molecule has 0 bridgehead atoms. The molecule has 0 aromatic heterocycles. The van der Waals surface area contributed by atoms with Gasteiger partial charge in [-0.05, 0) is 56.8 Å². The summed E-state index contributed by atoms with van der Waals surface area (Å²) in [5, 5.41) is 8.68. The average molecular weight is 234 g/mol. The third-order valence-corrected chi connectivity index (χ3v) is 4.57. The lowest BCUT2D eigenvalue weighted by Crippen LogP contribution is -2.30. The van der Waals surface area contributed by atoms with Crippen LogP contribution in [0, 0.1) is 11.3 Å². The van der Waals surface area contributed by atoms with Crippen molar-refractivity contribution < 1.29 is 9.90 Å². The lowest BCUT2D eigenvalue weighted by molar-refractivity contribution is -0.131. The second-order valence-electron chi connectivity index (χ2n) is 5.87. The largest absolute Gasteiger partial charge is 0.478 e. The first-order valence-electron chi connectivity index (χ1n) is 6.61. The third kappa shape index (κ3) is 2.62. The molecule has 0 saturated heterocycles. The van der Waals surface area contributed by atoms with E-state index in [-0.39, 0.29) is 0 Å². The molecule has 17 heavy (non-hydrogen) atoms. The summed E-state index contributed by atoms with van der Waals surface area (Å²) < 4.78 is 0. The number of carbonyl (C=O) groups is 1. The van der Waals surface area contributed by atoms with Crippen molar-refractivity contribution in [2.24, 2.45) is 11.3 Å². The van der Waals surface area contributed by atoms with Crippen molar-refractivity contribution in [2.75, 3.05) is 0 Å². The fourth-order valence-electron chi connectivity index (χ4n) is 3.51. The molecule has 1 N–H and O–H groups in total. The summed E-state index contributed by atoms with van der Waals surface area (Å²) in [6, 6.07) is 0. The average Bonchev–Trinajstić information content (AvgIpc) is 2.27. The minimum absolute atomic E-state index is 0.413. The summed E-state index contributed by atoms with van der Waals surface area (Å²) in [4.78, 5) is 10.6. The molecule has 2 atom stereocenters. The number of rotatable bonds is 2. The molecule has 2 heteroatoms. The van der Waals surface area contributed by atoms with Crippen LogP contribution in [0.25, 0.3) is 0 Å². The minimum Gasteiger partial charge on any atom is -0.478 e. The zero-order valence-electron chi connectivity index (χ0n) is 10.8. The SMILES string of the molecule is CC1=C2C[C@H](/C=C/C(=O)O)CC[C@@]2(C)CCC1. The maximum atomic E-state index is 10.6. The molecule has 0 aromatic rings. The molecule has 0 radical (unpaired) electrons. The zero-order valence-corrected chi connectivity index (χ0v) is 10.8. The van der Waals surface area contributed by atoms with Crippen LogP contribution in [-0.4, -0.2) is 11.1 Å². The molecular formula is C15H22O2. The van der Waals surface area contributed by atoms with Crippen LogP contribution >= 0.6 is 0 Å². The van der Waals surface area contributed by atoms with Crippen LogP contribution in [0.1, 0.15) is 52.4 Å². The molecule has 1 fully saturated rings. The van der Waals surface area contributed by atoms with Crippen molar-refractivity contribution >= 4 is 5.97 Å². The molecule has 0 aliphatic heterocycles. The van der Waals surface area contributed by atoms with Gasteiger partial charge in [0.05, 0.1) is 0 Å². The number of aliphatic carboxylic acids is 1. The topological polar surface area (TPSA) is 37.3 Å². The Morgan fingerprint density at radius 1 is 1.47 bits per heavy atom. The van der Waals surface area contributed by atoms with Gasteiger partial charge in [0.1, 0.15) is 0 Å². The van der Waals surface area contributed by atoms with Crippen LogP contribution < -0.4 is 0 Å². The number of hydrogen-bond donors (Lipinski definition) is 1. The Morgan fingerprint density at radius 3 is 2.94 bits per heavy atom. The summed E-state index contributed by atoms with van der Waals surface area (Å²) in [5.41, 5.74) is 3.60. The molecule has 0 spiro atoms. The van der Waals surface area contributed by atoms with E-state index in [1.807, 2.05) is 6.08 Å². The van der Waals surface area contributed by atoms with Gasteiger partial charge in [-0.25, -0.2) is 4.79 Å². The van der Waals surface area contributed by atoms with Crippen LogP contribution in [0.2, 0.25) is 0 Å². The number of allylic oxidation sites excluding steroid dienone is 3. The second-order valence-corrected chi connectivity index (χ2v) is 5.87. The number of carboxylic acids is 1. The van der Waals surface area contributed by atoms with Crippen LogP contribution in [0.4, 0.5) is 0 Å². The summed E-state index contributed by atoms with van der Waals surface area (Å²) in [6.45, 7) is 4.65. The van der Waals surface area contributed by atoms with Gasteiger partial charge >= 0.3 is 5.97 Å². The Morgan fingerprint density at radius 2 is 2.24 bits per heavy atom. The maximum Gasteiger partial charge on any atom is 0.327 e. The van der Waals surface area contributed by atoms with E-state index in [0.29, 0.717) is 11.3 Å². The van der Waals surface area contributed by atoms with E-state index >= 15 is 0 Å². The molecular weight excluding hydrogens is 212 g/mol. The highest BCUT2D eigenvalue weighted by molar-refractivity contribution is 5.79. The van der Waals surface area contributed by atoms with E-state index in [1.165, 1.54) is 31.8 Å². The first kappa shape index (κ1) is 12.4. The van der Waals surface area contributed by atoms with Gasteiger partial charge in [-0.3, -0.25) is 0 Å². The quantitative estimate of drug-likeness (QED) is 0.580. The van der Waals surface area contributed by atoms with E-state index in [9.17, 15) is 4.79 Å². The normalized spacial score (nSPS) is 33.9. The zero-order chi connectivity index (χ0) is 12.5. The molecule has 1 saturated carbocycles. The standard InChI is InChI=1S/C15H22O2/c1-11-4-3-8-15(2)9-7-12(10-13(11)15)5-6-14(16)17/h5-6,12H,3-4,7-10H2,1-2H3,(H,16,17)/b6-5+/t12-,15-/m1/s1. The lowest BCUT2D eigenvalue weighted by Gasteiger charge is -2.43. The first-order valence-corrected chi connectivity index (χ1v) is 6.61. The minimum atomic E-state index is -0.826. The molecule has 2 nitrogen and oxygen atoms in total. The molecule has 2 rings (SSSR count). The van der Waals surface area contributed by atoms with Gasteiger partial charge in [0.2, 0.25) is 0 Å². The monoisotopic (exact) mass is 234 g/mol. The predicted octanol–water partition coefficient (Wildman–Crippen LogP) is 3.93. The molecule has 0 aromatic carbocycles. The second kappa shape index (κ2) is 4.67. The summed E-state index contributed by atoms with van der Waals surface area (Å²) in [6.07, 6.45) is 10.5. The Labute approximate surface area is 103 Å². The van der Waals surface area contributed by atoms with Crippen molar-refractivity contribution in [1.29, 1.82) is 0 Å². The van der Waals surface area contributed by atoms with Gasteiger partial charge in [-0.2, -0.15) is 0 Å². The first-order chi connectivity index (χ1) is 8.01. The predicted molar refractivity (Wildman–Crippen MR) is 68.8 cm³/mol. The fraction of sp³-hybridized carbons (Fsp3) is 0.667. The van der Waals surface area contributed by atoms with E-state index < -0.39 is 5.97 Å². The van der Waals surface area contributed by atoms with Crippen molar-refractivity contribution in [1.82, 2.24) is 0 Å². The van der Waals surface area contributed by atoms with Crippen LogP contribution in [0.15, 0.2) is 23.3 Å². The summed E-state index contributed by atoms with van der Waals surface area (Å²) >= 11 is 0. The number of carboxylic acid groups (broad SMARTS) is 1. The van der Waals surface area contributed by atoms with Gasteiger partial charge in [-0.1, -0.05) is 24.1 Å². The van der Waals surface area contributed by atoms with Crippen molar-refractivity contribution in [3.05, 3.63) is 23.3 Å². The molecule has 2 aliphatic carbocycles. The van der Waals surface area contributed by atoms with E-state index in [2.05, 4.69) is 13.8 Å². The van der Waals surface area contributed by atoms with Gasteiger partial charge < -0.3 is 5.11 Å². The molecule has 0 unspecified atom stereocenters. The molecule has 94 valence electrons. The van der Waals surface area contributed by atoms with Gasteiger partial charge in [-0.15, -0.1) is 0 Å². The highest BCUT2D eigenvalue weighted by Gasteiger charge is 2.37. The van der Waals surface area contributed by atoms with Crippen molar-refractivity contribution in [3.8, 4) is 0 Å². The van der Waals surface area contributed by atoms with Crippen LogP contribution in [0.5, 0.6) is 0 Å². The van der Waals surface area contributed by atoms with E-state index in [0.717, 1.165) is 12.8 Å². The molecule has 0 heterocycles. The Hall–Kier alpha value is -1.05. The summed E-state index contributed by atoms with van der Waals surface area (Å²) in [5.74, 6) is -0.394. The lowest BCUT2D eigenvalue weighted by atomic mass is 9.62. The van der Waals surface area contributed by atoms with Gasteiger partial charge in [0.25, 0.3) is 0 Å². The Bertz CT molecular complexity index is 378. The summed E-state index contributed by atoms with van der Waals surface area (Å²) in [7, 11) is 0. The number of fused-ring (bicyclic) bond motifs is 1. The molecule has 0 amide bonds. The Balaban J connectivity index is 2.14. The fourth-order valence-corrected chi connectivity index (χ4v) is 3.51. The highest BCUT2D eigenvalue weighted by Crippen LogP contribution is 2.51. The highest BCUT2D eigenvalue weighted by atomic mass is 16.4. The van der Waals surface area contributed by atoms with Crippen molar-refractivity contribution in [3.63, 3.8) is 0 Å². The number of hydrogen-bond acceptors (Lipinski definition) is 1. The van der Waals surface area contributed by atoms with Gasteiger partial charge in [0.15, 0.2) is 0 Å². The third-order valence-electron chi connectivity index (χ3n) is 4.57. The van der Waals surface area contributed by atoms with Crippen LogP contribution in [-0.2, 0) is 4.79 Å². The Kier molecular flexibility index (Phi) is 3.41.